The third-order valence-electron chi connectivity index (χ3n) is 4.57. The van der Waals surface area contributed by atoms with Crippen LogP contribution in [-0.2, 0) is 0 Å². The van der Waals surface area contributed by atoms with Gasteiger partial charge in [0.15, 0.2) is 0 Å². The number of piperazine rings is 1. The molecule has 1 aromatic rings. The first-order valence-corrected chi connectivity index (χ1v) is 8.07. The number of anilines is 1. The van der Waals surface area contributed by atoms with E-state index >= 15 is 0 Å². The zero-order chi connectivity index (χ0) is 14.9. The molecule has 20 heavy (non-hydrogen) atoms. The summed E-state index contributed by atoms with van der Waals surface area (Å²) < 4.78 is 1.19. The van der Waals surface area contributed by atoms with Crippen LogP contribution in [-0.4, -0.2) is 44.2 Å². The van der Waals surface area contributed by atoms with Gasteiger partial charge in [-0.3, -0.25) is 4.90 Å². The summed E-state index contributed by atoms with van der Waals surface area (Å²) in [7, 11) is 4.21. The largest absolute Gasteiger partial charge is 0.368 e. The number of hydrogen-bond acceptors (Lipinski definition) is 3. The summed E-state index contributed by atoms with van der Waals surface area (Å²) in [6, 6.07) is 7.09. The maximum atomic E-state index is 3.72. The second-order valence-corrected chi connectivity index (χ2v) is 7.23. The second-order valence-electron chi connectivity index (χ2n) is 6.37. The Morgan fingerprint density at radius 3 is 2.55 bits per heavy atom. The van der Waals surface area contributed by atoms with Crippen molar-refractivity contribution in [2.45, 2.75) is 32.4 Å². The summed E-state index contributed by atoms with van der Waals surface area (Å²) >= 11 is 3.72. The molecule has 1 unspecified atom stereocenters. The third-order valence-corrected chi connectivity index (χ3v) is 5.25. The number of likely N-dealkylation sites (N-methyl/N-ethyl adjacent to an activating group) is 1. The SMILES string of the molecule is CNC(C)c1ccc(N2CCN(C)C(C)(C)C2)cc1Br. The summed E-state index contributed by atoms with van der Waals surface area (Å²) in [5.41, 5.74) is 2.84. The molecule has 112 valence electrons. The highest BCUT2D eigenvalue weighted by molar-refractivity contribution is 9.10. The Morgan fingerprint density at radius 1 is 1.30 bits per heavy atom. The van der Waals surface area contributed by atoms with Crippen LogP contribution in [0.1, 0.15) is 32.4 Å². The summed E-state index contributed by atoms with van der Waals surface area (Å²) in [5.74, 6) is 0. The van der Waals surface area contributed by atoms with Gasteiger partial charge in [0.1, 0.15) is 0 Å². The lowest BCUT2D eigenvalue weighted by atomic mass is 9.99. The van der Waals surface area contributed by atoms with E-state index < -0.39 is 0 Å². The fraction of sp³-hybridized carbons (Fsp3) is 0.625. The van der Waals surface area contributed by atoms with Crippen molar-refractivity contribution in [3.05, 3.63) is 28.2 Å². The molecule has 0 radical (unpaired) electrons. The number of nitrogens with zero attached hydrogens (tertiary/aromatic N) is 2. The van der Waals surface area contributed by atoms with E-state index in [0.29, 0.717) is 6.04 Å². The van der Waals surface area contributed by atoms with Crippen molar-refractivity contribution in [2.24, 2.45) is 0 Å². The van der Waals surface area contributed by atoms with E-state index in [9.17, 15) is 0 Å². The second kappa shape index (κ2) is 6.04. The molecular weight excluding hydrogens is 314 g/mol. The molecule has 1 heterocycles. The van der Waals surface area contributed by atoms with Crippen LogP contribution in [0.2, 0.25) is 0 Å². The minimum Gasteiger partial charge on any atom is -0.368 e. The average molecular weight is 340 g/mol. The van der Waals surface area contributed by atoms with Crippen LogP contribution in [0.5, 0.6) is 0 Å². The third kappa shape index (κ3) is 3.18. The van der Waals surface area contributed by atoms with Gasteiger partial charge in [-0.1, -0.05) is 22.0 Å². The summed E-state index contributed by atoms with van der Waals surface area (Å²) in [5, 5.41) is 3.29. The summed E-state index contributed by atoms with van der Waals surface area (Å²) in [6.45, 7) is 10.1. The minimum absolute atomic E-state index is 0.224. The highest BCUT2D eigenvalue weighted by Gasteiger charge is 2.31. The first-order valence-electron chi connectivity index (χ1n) is 7.28. The van der Waals surface area contributed by atoms with Gasteiger partial charge in [0.25, 0.3) is 0 Å². The molecule has 1 aliphatic heterocycles. The van der Waals surface area contributed by atoms with Gasteiger partial charge in [0.05, 0.1) is 0 Å². The Morgan fingerprint density at radius 2 is 2.00 bits per heavy atom. The number of halogens is 1. The van der Waals surface area contributed by atoms with Crippen molar-refractivity contribution in [1.29, 1.82) is 0 Å². The van der Waals surface area contributed by atoms with Crippen LogP contribution >= 0.6 is 15.9 Å². The molecule has 0 bridgehead atoms. The topological polar surface area (TPSA) is 18.5 Å². The van der Waals surface area contributed by atoms with Crippen LogP contribution in [0.4, 0.5) is 5.69 Å². The van der Waals surface area contributed by atoms with Gasteiger partial charge in [-0.25, -0.2) is 0 Å². The first-order chi connectivity index (χ1) is 9.35. The number of benzene rings is 1. The first kappa shape index (κ1) is 15.8. The minimum atomic E-state index is 0.224. The number of nitrogens with one attached hydrogen (secondary N) is 1. The Hall–Kier alpha value is -0.580. The van der Waals surface area contributed by atoms with Gasteiger partial charge in [0.2, 0.25) is 0 Å². The highest BCUT2D eigenvalue weighted by Crippen LogP contribution is 2.30. The van der Waals surface area contributed by atoms with E-state index in [4.69, 9.17) is 0 Å². The van der Waals surface area contributed by atoms with Crippen molar-refractivity contribution in [3.8, 4) is 0 Å². The smallest absolute Gasteiger partial charge is 0.0378 e. The monoisotopic (exact) mass is 339 g/mol. The van der Waals surface area contributed by atoms with Gasteiger partial charge < -0.3 is 10.2 Å². The van der Waals surface area contributed by atoms with Gasteiger partial charge >= 0.3 is 0 Å². The molecule has 3 nitrogen and oxygen atoms in total. The molecule has 1 aliphatic rings. The lowest BCUT2D eigenvalue weighted by Crippen LogP contribution is -2.57. The fourth-order valence-corrected chi connectivity index (χ4v) is 3.39. The normalized spacial score (nSPS) is 21.0. The molecule has 0 aliphatic carbocycles. The van der Waals surface area contributed by atoms with Crippen LogP contribution in [0.25, 0.3) is 0 Å². The van der Waals surface area contributed by atoms with Gasteiger partial charge in [0, 0.05) is 41.4 Å². The lowest BCUT2D eigenvalue weighted by molar-refractivity contribution is 0.139. The molecule has 0 aromatic heterocycles. The summed E-state index contributed by atoms with van der Waals surface area (Å²) in [6.07, 6.45) is 0. The molecule has 4 heteroatoms. The maximum absolute atomic E-state index is 3.72. The van der Waals surface area contributed by atoms with Crippen LogP contribution in [0, 0.1) is 0 Å². The molecule has 2 rings (SSSR count). The molecule has 1 saturated heterocycles. The van der Waals surface area contributed by atoms with Gasteiger partial charge in [-0.05, 0) is 52.6 Å². The van der Waals surface area contributed by atoms with Crippen molar-refractivity contribution in [1.82, 2.24) is 10.2 Å². The molecule has 0 amide bonds. The van der Waals surface area contributed by atoms with Gasteiger partial charge in [-0.15, -0.1) is 0 Å². The highest BCUT2D eigenvalue weighted by atomic mass is 79.9. The lowest BCUT2D eigenvalue weighted by Gasteiger charge is -2.46. The van der Waals surface area contributed by atoms with Gasteiger partial charge in [-0.2, -0.15) is 0 Å². The van der Waals surface area contributed by atoms with Crippen molar-refractivity contribution in [3.63, 3.8) is 0 Å². The quantitative estimate of drug-likeness (QED) is 0.911. The Kier molecular flexibility index (Phi) is 4.77. The maximum Gasteiger partial charge on any atom is 0.0378 e. The average Bonchev–Trinajstić information content (AvgIpc) is 2.41. The standard InChI is InChI=1S/C16H26BrN3/c1-12(18-4)14-7-6-13(10-15(14)17)20-9-8-19(5)16(2,3)11-20/h6-7,10,12,18H,8-9,11H2,1-5H3. The van der Waals surface area contributed by atoms with Crippen molar-refractivity contribution < 1.29 is 0 Å². The molecule has 1 aromatic carbocycles. The zero-order valence-corrected chi connectivity index (χ0v) is 14.8. The molecule has 1 N–H and O–H groups in total. The van der Waals surface area contributed by atoms with Crippen LogP contribution < -0.4 is 10.2 Å². The van der Waals surface area contributed by atoms with Crippen molar-refractivity contribution >= 4 is 21.6 Å². The fourth-order valence-electron chi connectivity index (χ4n) is 2.68. The van der Waals surface area contributed by atoms with E-state index in [2.05, 4.69) is 77.1 Å². The van der Waals surface area contributed by atoms with E-state index in [1.165, 1.54) is 15.7 Å². The Labute approximate surface area is 131 Å². The predicted molar refractivity (Wildman–Crippen MR) is 90.5 cm³/mol. The number of rotatable bonds is 3. The van der Waals surface area contributed by atoms with E-state index in [0.717, 1.165) is 19.6 Å². The van der Waals surface area contributed by atoms with Crippen LogP contribution in [0.3, 0.4) is 0 Å². The zero-order valence-electron chi connectivity index (χ0n) is 13.2. The predicted octanol–water partition coefficient (Wildman–Crippen LogP) is 3.26. The Balaban J connectivity index is 2.20. The molecule has 1 atom stereocenters. The Bertz CT molecular complexity index is 473. The van der Waals surface area contributed by atoms with E-state index in [1.54, 1.807) is 0 Å². The van der Waals surface area contributed by atoms with Crippen LogP contribution in [0.15, 0.2) is 22.7 Å². The number of hydrogen-bond donors (Lipinski definition) is 1. The van der Waals surface area contributed by atoms with Crippen molar-refractivity contribution in [2.75, 3.05) is 38.6 Å². The summed E-state index contributed by atoms with van der Waals surface area (Å²) in [4.78, 5) is 4.93. The van der Waals surface area contributed by atoms with E-state index in [1.807, 2.05) is 7.05 Å². The molecule has 1 fully saturated rings. The molecular formula is C16H26BrN3. The molecule has 0 spiro atoms. The van der Waals surface area contributed by atoms with E-state index in [-0.39, 0.29) is 5.54 Å². The molecule has 0 saturated carbocycles.